The lowest BCUT2D eigenvalue weighted by molar-refractivity contribution is 0.826. The molecule has 1 N–H and O–H groups in total. The predicted octanol–water partition coefficient (Wildman–Crippen LogP) is 1.67. The van der Waals surface area contributed by atoms with E-state index in [-0.39, 0.29) is 0 Å². The topological polar surface area (TPSA) is 37.8 Å². The van der Waals surface area contributed by atoms with E-state index in [4.69, 9.17) is 6.42 Å². The highest BCUT2D eigenvalue weighted by atomic mass is 15.1. The van der Waals surface area contributed by atoms with Gasteiger partial charge in [0.25, 0.3) is 0 Å². The fourth-order valence-corrected chi connectivity index (χ4v) is 0.901. The maximum Gasteiger partial charge on any atom is 0.223 e. The van der Waals surface area contributed by atoms with Gasteiger partial charge < -0.3 is 5.32 Å². The second-order valence-corrected chi connectivity index (χ2v) is 2.69. The van der Waals surface area contributed by atoms with E-state index in [1.807, 2.05) is 0 Å². The Balaban J connectivity index is 2.52. The van der Waals surface area contributed by atoms with Crippen molar-refractivity contribution in [2.24, 2.45) is 0 Å². The van der Waals surface area contributed by atoms with Crippen molar-refractivity contribution in [3.05, 3.63) is 18.0 Å². The lowest BCUT2D eigenvalue weighted by atomic mass is 10.3. The van der Waals surface area contributed by atoms with Gasteiger partial charge in [0.1, 0.15) is 5.69 Å². The summed E-state index contributed by atoms with van der Waals surface area (Å²) in [6.07, 6.45) is 9.14. The van der Waals surface area contributed by atoms with Gasteiger partial charge in [-0.05, 0) is 12.5 Å². The molecular weight excluding hydrogens is 162 g/mol. The summed E-state index contributed by atoms with van der Waals surface area (Å²) >= 11 is 0. The Bertz CT molecular complexity index is 301. The number of unbranched alkanes of at least 4 members (excludes halogenated alkanes) is 1. The molecule has 0 aliphatic heterocycles. The maximum absolute atomic E-state index is 5.21. The third-order valence-corrected chi connectivity index (χ3v) is 1.62. The molecule has 0 amide bonds. The van der Waals surface area contributed by atoms with E-state index < -0.39 is 0 Å². The highest BCUT2D eigenvalue weighted by Gasteiger charge is 1.94. The summed E-state index contributed by atoms with van der Waals surface area (Å²) in [7, 11) is 0. The molecule has 0 spiro atoms. The first-order valence-electron chi connectivity index (χ1n) is 4.40. The molecule has 3 heteroatoms. The van der Waals surface area contributed by atoms with Gasteiger partial charge in [0.15, 0.2) is 0 Å². The van der Waals surface area contributed by atoms with Crippen LogP contribution < -0.4 is 5.32 Å². The van der Waals surface area contributed by atoms with Crippen molar-refractivity contribution in [2.75, 3.05) is 11.9 Å². The first kappa shape index (κ1) is 9.53. The largest absolute Gasteiger partial charge is 0.354 e. The van der Waals surface area contributed by atoms with Gasteiger partial charge >= 0.3 is 0 Å². The molecule has 0 bridgehead atoms. The zero-order valence-corrected chi connectivity index (χ0v) is 7.75. The summed E-state index contributed by atoms with van der Waals surface area (Å²) in [5, 5.41) is 3.10. The predicted molar refractivity (Wildman–Crippen MR) is 53.4 cm³/mol. The van der Waals surface area contributed by atoms with Gasteiger partial charge in [0, 0.05) is 12.7 Å². The molecule has 0 saturated heterocycles. The Hall–Kier alpha value is -1.56. The molecule has 0 unspecified atom stereocenters. The molecule has 0 aliphatic rings. The van der Waals surface area contributed by atoms with Gasteiger partial charge in [-0.1, -0.05) is 19.3 Å². The number of hydrogen-bond donors (Lipinski definition) is 1. The van der Waals surface area contributed by atoms with E-state index in [0.717, 1.165) is 19.4 Å². The zero-order chi connectivity index (χ0) is 9.52. The maximum atomic E-state index is 5.21. The fraction of sp³-hybridized carbons (Fsp3) is 0.400. The van der Waals surface area contributed by atoms with E-state index in [0.29, 0.717) is 11.6 Å². The highest BCUT2D eigenvalue weighted by molar-refractivity contribution is 5.31. The first-order valence-corrected chi connectivity index (χ1v) is 4.40. The molecule has 1 heterocycles. The lowest BCUT2D eigenvalue weighted by Gasteiger charge is -2.02. The van der Waals surface area contributed by atoms with Crippen molar-refractivity contribution >= 4 is 5.95 Å². The van der Waals surface area contributed by atoms with Crippen LogP contribution in [0.5, 0.6) is 0 Å². The van der Waals surface area contributed by atoms with Crippen molar-refractivity contribution in [1.29, 1.82) is 0 Å². The van der Waals surface area contributed by atoms with Gasteiger partial charge in [-0.2, -0.15) is 0 Å². The van der Waals surface area contributed by atoms with Crippen LogP contribution in [0.1, 0.15) is 25.5 Å². The second kappa shape index (κ2) is 5.15. The number of rotatable bonds is 4. The minimum Gasteiger partial charge on any atom is -0.354 e. The number of nitrogens with one attached hydrogen (secondary N) is 1. The van der Waals surface area contributed by atoms with Gasteiger partial charge in [0.05, 0.1) is 0 Å². The average molecular weight is 175 g/mol. The minimum atomic E-state index is 0.615. The first-order chi connectivity index (χ1) is 6.36. The molecule has 13 heavy (non-hydrogen) atoms. The minimum absolute atomic E-state index is 0.615. The van der Waals surface area contributed by atoms with Gasteiger partial charge in [-0.3, -0.25) is 0 Å². The quantitative estimate of drug-likeness (QED) is 0.558. The molecule has 0 atom stereocenters. The standard InChI is InChI=1S/C10H13N3/c1-3-5-7-11-10-12-8-6-9(4-2)13-10/h2,6,8H,3,5,7H2,1H3,(H,11,12,13). The molecule has 1 aromatic rings. The summed E-state index contributed by atoms with van der Waals surface area (Å²) in [4.78, 5) is 8.15. The molecule has 0 aromatic carbocycles. The summed E-state index contributed by atoms with van der Waals surface area (Å²) in [5.74, 6) is 3.08. The zero-order valence-electron chi connectivity index (χ0n) is 7.75. The normalized spacial score (nSPS) is 9.23. The Morgan fingerprint density at radius 3 is 3.15 bits per heavy atom. The van der Waals surface area contributed by atoms with Crippen molar-refractivity contribution < 1.29 is 0 Å². The van der Waals surface area contributed by atoms with Gasteiger partial charge in [-0.25, -0.2) is 9.97 Å². The number of anilines is 1. The second-order valence-electron chi connectivity index (χ2n) is 2.69. The van der Waals surface area contributed by atoms with Gasteiger partial charge in [0.2, 0.25) is 5.95 Å². The van der Waals surface area contributed by atoms with Crippen LogP contribution in [0, 0.1) is 12.3 Å². The summed E-state index contributed by atoms with van der Waals surface area (Å²) in [6, 6.07) is 1.71. The van der Waals surface area contributed by atoms with Crippen LogP contribution in [0.15, 0.2) is 12.3 Å². The third-order valence-electron chi connectivity index (χ3n) is 1.62. The summed E-state index contributed by atoms with van der Waals surface area (Å²) in [5.41, 5.74) is 0.619. The molecule has 0 radical (unpaired) electrons. The van der Waals surface area contributed by atoms with Crippen LogP contribution in [0.4, 0.5) is 5.95 Å². The van der Waals surface area contributed by atoms with Crippen LogP contribution >= 0.6 is 0 Å². The van der Waals surface area contributed by atoms with Crippen LogP contribution in [0.2, 0.25) is 0 Å². The number of hydrogen-bond acceptors (Lipinski definition) is 3. The summed E-state index contributed by atoms with van der Waals surface area (Å²) < 4.78 is 0. The monoisotopic (exact) mass is 175 g/mol. The van der Waals surface area contributed by atoms with Crippen molar-refractivity contribution in [2.45, 2.75) is 19.8 Å². The number of aromatic nitrogens is 2. The lowest BCUT2D eigenvalue weighted by Crippen LogP contribution is -2.05. The van der Waals surface area contributed by atoms with Crippen molar-refractivity contribution in [1.82, 2.24) is 9.97 Å². The Kier molecular flexibility index (Phi) is 3.77. The van der Waals surface area contributed by atoms with Crippen molar-refractivity contribution in [3.8, 4) is 12.3 Å². The van der Waals surface area contributed by atoms with E-state index >= 15 is 0 Å². The molecule has 0 aliphatic carbocycles. The Morgan fingerprint density at radius 1 is 1.62 bits per heavy atom. The Labute approximate surface area is 78.6 Å². The van der Waals surface area contributed by atoms with E-state index in [1.54, 1.807) is 12.3 Å². The SMILES string of the molecule is C#Cc1ccnc(NCCCC)n1. The third kappa shape index (κ3) is 3.12. The smallest absolute Gasteiger partial charge is 0.223 e. The van der Waals surface area contributed by atoms with E-state index in [1.165, 1.54) is 0 Å². The van der Waals surface area contributed by atoms with Crippen molar-refractivity contribution in [3.63, 3.8) is 0 Å². The van der Waals surface area contributed by atoms with Crippen LogP contribution in [-0.4, -0.2) is 16.5 Å². The molecular formula is C10H13N3. The molecule has 3 nitrogen and oxygen atoms in total. The van der Waals surface area contributed by atoms with E-state index in [9.17, 15) is 0 Å². The van der Waals surface area contributed by atoms with Crippen LogP contribution in [0.25, 0.3) is 0 Å². The van der Waals surface area contributed by atoms with Crippen LogP contribution in [-0.2, 0) is 0 Å². The number of nitrogens with zero attached hydrogens (tertiary/aromatic N) is 2. The average Bonchev–Trinajstić information content (AvgIpc) is 2.19. The fourth-order valence-electron chi connectivity index (χ4n) is 0.901. The summed E-state index contributed by atoms with van der Waals surface area (Å²) in [6.45, 7) is 3.03. The highest BCUT2D eigenvalue weighted by Crippen LogP contribution is 1.99. The van der Waals surface area contributed by atoms with Crippen LogP contribution in [0.3, 0.4) is 0 Å². The molecule has 0 saturated carbocycles. The molecule has 1 rings (SSSR count). The number of terminal acetylenes is 1. The molecule has 0 fully saturated rings. The van der Waals surface area contributed by atoms with Gasteiger partial charge in [-0.15, -0.1) is 6.42 Å². The Morgan fingerprint density at radius 2 is 2.46 bits per heavy atom. The molecule has 1 aromatic heterocycles. The molecule has 68 valence electrons. The van der Waals surface area contributed by atoms with E-state index in [2.05, 4.69) is 28.1 Å².